The Labute approximate surface area is 325 Å². The molecular weight excluding hydrogens is 679 g/mol. The molecule has 0 saturated carbocycles. The largest absolute Gasteiger partial charge is 0.496 e. The van der Waals surface area contributed by atoms with Gasteiger partial charge in [0.25, 0.3) is 5.91 Å². The van der Waals surface area contributed by atoms with Crippen LogP contribution in [0.5, 0.6) is 11.5 Å². The summed E-state index contributed by atoms with van der Waals surface area (Å²) in [7, 11) is 3.45. The molecule has 3 aliphatic rings. The first kappa shape index (κ1) is 36.8. The van der Waals surface area contributed by atoms with Crippen LogP contribution in [0.25, 0.3) is 43.8 Å². The molecule has 0 spiro atoms. The first-order chi connectivity index (χ1) is 27.1. The number of rotatable bonds is 15. The molecule has 0 aromatic heterocycles. The van der Waals surface area contributed by atoms with Crippen LogP contribution in [0.4, 0.5) is 0 Å². The van der Waals surface area contributed by atoms with E-state index in [1.807, 2.05) is 24.3 Å². The standard InChI is InChI=1S/C50H53NO4/c1-4-5-6-7-8-9-10-11-12-19-25-36-44-46-39(31-51-50(46)53)38-30-37(33-23-17-14-18-24-33)43-40(54-2)28-29-41(55-3)47(43)45(38)48(44)42-34(32-21-15-13-16-22-32)26-20-27-35(42)49(36)52/h13-18,21-24,26,28-30,36H,4-12,19-20,25,27,31H2,1-3H3,(H,51,53). The summed E-state index contributed by atoms with van der Waals surface area (Å²) in [5, 5.41) is 7.17. The molecule has 5 aromatic rings. The van der Waals surface area contributed by atoms with Crippen LogP contribution in [-0.4, -0.2) is 25.9 Å². The molecule has 5 nitrogen and oxygen atoms in total. The van der Waals surface area contributed by atoms with Crippen molar-refractivity contribution in [3.05, 3.63) is 118 Å². The Bertz CT molecular complexity index is 2320. The van der Waals surface area contributed by atoms with Crippen molar-refractivity contribution in [1.82, 2.24) is 5.32 Å². The maximum atomic E-state index is 15.1. The number of nitrogens with one attached hydrogen (secondary N) is 1. The van der Waals surface area contributed by atoms with Gasteiger partial charge in [-0.2, -0.15) is 0 Å². The summed E-state index contributed by atoms with van der Waals surface area (Å²) in [6.07, 6.45) is 16.8. The first-order valence-electron chi connectivity index (χ1n) is 20.6. The summed E-state index contributed by atoms with van der Waals surface area (Å²) in [6.45, 7) is 2.68. The van der Waals surface area contributed by atoms with E-state index in [2.05, 4.69) is 72.9 Å². The minimum atomic E-state index is -0.389. The fraction of sp³-hybridized carbons (Fsp3) is 0.360. The predicted octanol–water partition coefficient (Wildman–Crippen LogP) is 12.5. The topological polar surface area (TPSA) is 64.6 Å². The molecule has 1 aliphatic heterocycles. The normalized spacial score (nSPS) is 16.2. The Morgan fingerprint density at radius 1 is 0.691 bits per heavy atom. The number of amides is 1. The van der Waals surface area contributed by atoms with Crippen LogP contribution in [-0.2, 0) is 11.3 Å². The highest BCUT2D eigenvalue weighted by Gasteiger charge is 2.43. The monoisotopic (exact) mass is 731 g/mol. The van der Waals surface area contributed by atoms with Gasteiger partial charge in [-0.15, -0.1) is 0 Å². The molecule has 2 aliphatic carbocycles. The molecule has 1 N–H and O–H groups in total. The van der Waals surface area contributed by atoms with Crippen LogP contribution in [0.3, 0.4) is 0 Å². The van der Waals surface area contributed by atoms with E-state index in [0.29, 0.717) is 18.5 Å². The fourth-order valence-corrected chi connectivity index (χ4v) is 9.67. The lowest BCUT2D eigenvalue weighted by Gasteiger charge is -2.35. The van der Waals surface area contributed by atoms with Crippen LogP contribution in [0, 0.1) is 0 Å². The Hall–Kier alpha value is -5.16. The third-order valence-electron chi connectivity index (χ3n) is 12.3. The van der Waals surface area contributed by atoms with E-state index >= 15 is 4.79 Å². The maximum absolute atomic E-state index is 15.1. The third-order valence-corrected chi connectivity index (χ3v) is 12.3. The van der Waals surface area contributed by atoms with Crippen molar-refractivity contribution in [2.24, 2.45) is 0 Å². The Kier molecular flexibility index (Phi) is 10.9. The maximum Gasteiger partial charge on any atom is 0.252 e. The van der Waals surface area contributed by atoms with Gasteiger partial charge in [0.1, 0.15) is 11.5 Å². The highest BCUT2D eigenvalue weighted by molar-refractivity contribution is 6.31. The molecule has 5 heteroatoms. The number of unbranched alkanes of at least 4 members (excludes halogenated alkanes) is 9. The van der Waals surface area contributed by atoms with E-state index in [9.17, 15) is 4.79 Å². The number of Topliss-reactive ketones (excluding diaryl/α,β-unsaturated/α-hetero) is 1. The van der Waals surface area contributed by atoms with Crippen molar-refractivity contribution in [1.29, 1.82) is 0 Å². The van der Waals surface area contributed by atoms with Crippen molar-refractivity contribution in [2.45, 2.75) is 103 Å². The zero-order valence-corrected chi connectivity index (χ0v) is 32.7. The van der Waals surface area contributed by atoms with Gasteiger partial charge in [0.15, 0.2) is 5.78 Å². The molecule has 282 valence electrons. The van der Waals surface area contributed by atoms with Crippen LogP contribution in [0.2, 0.25) is 0 Å². The second kappa shape index (κ2) is 16.3. The number of fused-ring (bicyclic) bond motifs is 9. The molecule has 0 fully saturated rings. The van der Waals surface area contributed by atoms with Crippen LogP contribution in [0.1, 0.15) is 129 Å². The van der Waals surface area contributed by atoms with E-state index < -0.39 is 0 Å². The molecule has 55 heavy (non-hydrogen) atoms. The van der Waals surface area contributed by atoms with E-state index in [1.165, 1.54) is 51.4 Å². The second-order valence-electron chi connectivity index (χ2n) is 15.5. The highest BCUT2D eigenvalue weighted by atomic mass is 16.5. The van der Waals surface area contributed by atoms with Gasteiger partial charge in [0, 0.05) is 39.8 Å². The summed E-state index contributed by atoms with van der Waals surface area (Å²) in [5.74, 6) is 1.21. The molecule has 8 rings (SSSR count). The zero-order valence-electron chi connectivity index (χ0n) is 32.7. The lowest BCUT2D eigenvalue weighted by Crippen LogP contribution is -2.27. The van der Waals surface area contributed by atoms with Gasteiger partial charge in [-0.25, -0.2) is 0 Å². The quantitative estimate of drug-likeness (QED) is 0.0860. The average molecular weight is 732 g/mol. The SMILES string of the molecule is CCCCCCCCCCCCC1C(=O)C2=C(C(c3ccccc3)=CCC2)c2c1c1c(c3cc(-c4ccccc4)c4c(OC)ccc(OC)c4c23)CNC1=O. The Balaban J connectivity index is 1.37. The van der Waals surface area contributed by atoms with Crippen molar-refractivity contribution in [3.63, 3.8) is 0 Å². The number of methoxy groups -OCH3 is 2. The molecule has 1 atom stereocenters. The molecular formula is C50H53NO4. The summed E-state index contributed by atoms with van der Waals surface area (Å²) in [5.41, 5.74) is 9.67. The minimum Gasteiger partial charge on any atom is -0.496 e. The number of hydrogen-bond acceptors (Lipinski definition) is 4. The van der Waals surface area contributed by atoms with Gasteiger partial charge in [0.2, 0.25) is 0 Å². The number of ether oxygens (including phenoxy) is 2. The lowest BCUT2D eigenvalue weighted by molar-refractivity contribution is -0.117. The van der Waals surface area contributed by atoms with Gasteiger partial charge in [-0.05, 0) is 87.4 Å². The molecule has 0 bridgehead atoms. The van der Waals surface area contributed by atoms with E-state index in [0.717, 1.165) is 109 Å². The molecule has 0 saturated heterocycles. The van der Waals surface area contributed by atoms with Gasteiger partial charge in [-0.3, -0.25) is 9.59 Å². The van der Waals surface area contributed by atoms with Crippen LogP contribution >= 0.6 is 0 Å². The van der Waals surface area contributed by atoms with Crippen LogP contribution in [0.15, 0.2) is 90.5 Å². The molecule has 1 unspecified atom stereocenters. The molecule has 5 aromatic carbocycles. The molecule has 1 amide bonds. The lowest BCUT2D eigenvalue weighted by atomic mass is 9.66. The fourth-order valence-electron chi connectivity index (χ4n) is 9.67. The van der Waals surface area contributed by atoms with Gasteiger partial charge in [0.05, 0.1) is 14.2 Å². The summed E-state index contributed by atoms with van der Waals surface area (Å²) in [6, 6.07) is 27.1. The van der Waals surface area contributed by atoms with Crippen LogP contribution < -0.4 is 14.8 Å². The van der Waals surface area contributed by atoms with Crippen molar-refractivity contribution in [3.8, 4) is 22.6 Å². The Morgan fingerprint density at radius 2 is 1.31 bits per heavy atom. The minimum absolute atomic E-state index is 0.0851. The van der Waals surface area contributed by atoms with Gasteiger partial charge in [-0.1, -0.05) is 138 Å². The number of benzene rings is 5. The number of carbonyl (C=O) groups is 2. The molecule has 0 radical (unpaired) electrons. The van der Waals surface area contributed by atoms with E-state index in [-0.39, 0.29) is 17.6 Å². The number of ketones is 1. The van der Waals surface area contributed by atoms with Crippen molar-refractivity contribution >= 4 is 44.4 Å². The number of carbonyl (C=O) groups excluding carboxylic acids is 2. The Morgan fingerprint density at radius 3 is 1.96 bits per heavy atom. The highest BCUT2D eigenvalue weighted by Crippen LogP contribution is 2.56. The van der Waals surface area contributed by atoms with Gasteiger partial charge >= 0.3 is 0 Å². The van der Waals surface area contributed by atoms with E-state index in [1.54, 1.807) is 14.2 Å². The summed E-state index contributed by atoms with van der Waals surface area (Å²) >= 11 is 0. The summed E-state index contributed by atoms with van der Waals surface area (Å²) in [4.78, 5) is 29.3. The smallest absolute Gasteiger partial charge is 0.252 e. The van der Waals surface area contributed by atoms with Crippen molar-refractivity contribution < 1.29 is 19.1 Å². The zero-order chi connectivity index (χ0) is 37.9. The second-order valence-corrected chi connectivity index (χ2v) is 15.5. The predicted molar refractivity (Wildman–Crippen MR) is 226 cm³/mol. The third kappa shape index (κ3) is 6.66. The van der Waals surface area contributed by atoms with Gasteiger partial charge < -0.3 is 14.8 Å². The number of allylic oxidation sites excluding steroid dienone is 4. The average Bonchev–Trinajstić information content (AvgIpc) is 3.62. The molecule has 1 heterocycles. The number of hydrogen-bond donors (Lipinski definition) is 1. The first-order valence-corrected chi connectivity index (χ1v) is 20.6. The van der Waals surface area contributed by atoms with Crippen molar-refractivity contribution in [2.75, 3.05) is 14.2 Å². The van der Waals surface area contributed by atoms with E-state index in [4.69, 9.17) is 9.47 Å². The summed E-state index contributed by atoms with van der Waals surface area (Å²) < 4.78 is 12.4.